The summed E-state index contributed by atoms with van der Waals surface area (Å²) < 4.78 is 0.520. The minimum absolute atomic E-state index is 0.302. The van der Waals surface area contributed by atoms with E-state index in [1.807, 2.05) is 0 Å². The van der Waals surface area contributed by atoms with Crippen LogP contribution in [0.25, 0.3) is 0 Å². The number of aromatic nitrogens is 4. The first-order chi connectivity index (χ1) is 8.40. The summed E-state index contributed by atoms with van der Waals surface area (Å²) in [5.74, 6) is 0.699. The van der Waals surface area contributed by atoms with Crippen molar-refractivity contribution in [2.24, 2.45) is 0 Å². The van der Waals surface area contributed by atoms with Crippen molar-refractivity contribution in [1.29, 1.82) is 0 Å². The highest BCUT2D eigenvalue weighted by Crippen LogP contribution is 2.14. The summed E-state index contributed by atoms with van der Waals surface area (Å²) >= 11 is 14.0. The Morgan fingerprint density at radius 3 is 1.89 bits per heavy atom. The number of halogens is 3. The van der Waals surface area contributed by atoms with Crippen molar-refractivity contribution in [3.8, 4) is 0 Å². The van der Waals surface area contributed by atoms with Crippen molar-refractivity contribution < 1.29 is 0 Å². The van der Waals surface area contributed by atoms with E-state index in [0.29, 0.717) is 32.2 Å². The van der Waals surface area contributed by atoms with Crippen LogP contribution in [0.5, 0.6) is 0 Å². The summed E-state index contributed by atoms with van der Waals surface area (Å²) in [6.07, 6.45) is 2.88. The van der Waals surface area contributed by atoms with Crippen LogP contribution >= 0.6 is 39.1 Å². The Kier molecular flexibility index (Phi) is 5.52. The van der Waals surface area contributed by atoms with Gasteiger partial charge in [0.05, 0.1) is 18.1 Å². The van der Waals surface area contributed by atoms with Crippen molar-refractivity contribution >= 4 is 50.8 Å². The normalized spacial score (nSPS) is 9.56. The minimum atomic E-state index is 0.302. The third-order valence-corrected chi connectivity index (χ3v) is 2.66. The van der Waals surface area contributed by atoms with Crippen LogP contribution in [0.1, 0.15) is 5.69 Å². The van der Waals surface area contributed by atoms with E-state index in [1.165, 1.54) is 12.4 Å². The molecule has 0 spiro atoms. The van der Waals surface area contributed by atoms with Gasteiger partial charge in [-0.25, -0.2) is 15.0 Å². The molecule has 0 fully saturated rings. The second-order valence-electron chi connectivity index (χ2n) is 3.03. The Labute approximate surface area is 122 Å². The van der Waals surface area contributed by atoms with Crippen LogP contribution in [0.15, 0.2) is 17.0 Å². The molecule has 0 bridgehead atoms. The summed E-state index contributed by atoms with van der Waals surface area (Å²) in [4.78, 5) is 15.1. The lowest BCUT2D eigenvalue weighted by Crippen LogP contribution is -1.95. The van der Waals surface area contributed by atoms with Crippen molar-refractivity contribution in [3.63, 3.8) is 0 Å². The van der Waals surface area contributed by atoms with Crippen LogP contribution in [-0.2, 0) is 0 Å². The van der Waals surface area contributed by atoms with Gasteiger partial charge in [0, 0.05) is 0 Å². The average molecular weight is 352 g/mol. The number of nitrogens with zero attached hydrogens (tertiary/aromatic N) is 4. The summed E-state index contributed by atoms with van der Waals surface area (Å²) in [6.45, 7) is 1.78. The Balaban J connectivity index is 0.000000180. The van der Waals surface area contributed by atoms with Crippen LogP contribution in [0.3, 0.4) is 0 Å². The largest absolute Gasteiger partial charge is 0.382 e. The fraction of sp³-hybridized carbons (Fsp3) is 0.111. The fourth-order valence-corrected chi connectivity index (χ4v) is 1.28. The van der Waals surface area contributed by atoms with Gasteiger partial charge >= 0.3 is 0 Å². The molecule has 0 unspecified atom stereocenters. The number of aryl methyl sites for hydroxylation is 1. The third kappa shape index (κ3) is 4.59. The lowest BCUT2D eigenvalue weighted by molar-refractivity contribution is 1.13. The fourth-order valence-electron chi connectivity index (χ4n) is 0.807. The molecule has 2 rings (SSSR count). The number of nitrogens with two attached hydrogens (primary N) is 2. The lowest BCUT2D eigenvalue weighted by atomic mass is 10.5. The van der Waals surface area contributed by atoms with Crippen LogP contribution in [0.2, 0.25) is 10.3 Å². The number of anilines is 2. The Hall–Kier alpha value is -1.18. The Morgan fingerprint density at radius 2 is 1.50 bits per heavy atom. The zero-order valence-electron chi connectivity index (χ0n) is 9.23. The van der Waals surface area contributed by atoms with E-state index in [4.69, 9.17) is 34.7 Å². The van der Waals surface area contributed by atoms with Crippen LogP contribution in [0, 0.1) is 6.92 Å². The van der Waals surface area contributed by atoms with E-state index in [2.05, 4.69) is 35.9 Å². The number of rotatable bonds is 0. The number of hydrogen-bond acceptors (Lipinski definition) is 6. The van der Waals surface area contributed by atoms with Crippen molar-refractivity contribution in [3.05, 3.63) is 33.0 Å². The van der Waals surface area contributed by atoms with Gasteiger partial charge in [0.1, 0.15) is 20.7 Å². The van der Waals surface area contributed by atoms with Gasteiger partial charge in [-0.05, 0) is 22.9 Å². The molecule has 0 aromatic carbocycles. The molecule has 0 aliphatic rings. The van der Waals surface area contributed by atoms with E-state index in [0.717, 1.165) is 0 Å². The molecule has 2 aromatic heterocycles. The smallest absolute Gasteiger partial charge is 0.158 e. The molecule has 0 aliphatic heterocycles. The van der Waals surface area contributed by atoms with Gasteiger partial charge in [-0.3, -0.25) is 4.98 Å². The zero-order chi connectivity index (χ0) is 13.7. The molecule has 0 amide bonds. The standard InChI is InChI=1S/C5H6ClN3.C4H3BrClN3/c1-3-5(7)9-4(6)2-8-3;5-3-4(7)9-2(6)1-8-3/h2H,1H3,(H2,7,9);1H,(H2,7,9). The molecule has 96 valence electrons. The van der Waals surface area contributed by atoms with E-state index in [9.17, 15) is 0 Å². The summed E-state index contributed by atoms with van der Waals surface area (Å²) in [7, 11) is 0. The number of hydrogen-bond donors (Lipinski definition) is 2. The molecule has 0 atom stereocenters. The van der Waals surface area contributed by atoms with Gasteiger partial charge < -0.3 is 11.5 Å². The van der Waals surface area contributed by atoms with Crippen LogP contribution < -0.4 is 11.5 Å². The molecular weight excluding hydrogens is 343 g/mol. The minimum Gasteiger partial charge on any atom is -0.382 e. The predicted octanol–water partition coefficient (Wildman–Crippen LogP) is 2.50. The topological polar surface area (TPSA) is 104 Å². The maximum Gasteiger partial charge on any atom is 0.158 e. The molecule has 6 nitrogen and oxygen atoms in total. The van der Waals surface area contributed by atoms with Crippen molar-refractivity contribution in [2.45, 2.75) is 6.92 Å². The first-order valence-corrected chi connectivity index (χ1v) is 6.13. The van der Waals surface area contributed by atoms with Gasteiger partial charge in [-0.2, -0.15) is 0 Å². The van der Waals surface area contributed by atoms with Crippen LogP contribution in [0.4, 0.5) is 11.6 Å². The van der Waals surface area contributed by atoms with Gasteiger partial charge in [0.25, 0.3) is 0 Å². The highest BCUT2D eigenvalue weighted by atomic mass is 79.9. The maximum absolute atomic E-state index is 5.46. The average Bonchev–Trinajstić information content (AvgIpc) is 2.30. The molecule has 2 heterocycles. The zero-order valence-corrected chi connectivity index (χ0v) is 12.3. The molecule has 4 N–H and O–H groups in total. The first-order valence-electron chi connectivity index (χ1n) is 4.58. The first kappa shape index (κ1) is 14.9. The van der Waals surface area contributed by atoms with Crippen LogP contribution in [-0.4, -0.2) is 19.9 Å². The van der Waals surface area contributed by atoms with Gasteiger partial charge in [0.2, 0.25) is 0 Å². The van der Waals surface area contributed by atoms with E-state index in [-0.39, 0.29) is 0 Å². The van der Waals surface area contributed by atoms with Crippen molar-refractivity contribution in [1.82, 2.24) is 19.9 Å². The monoisotopic (exact) mass is 350 g/mol. The van der Waals surface area contributed by atoms with Gasteiger partial charge in [0.15, 0.2) is 5.82 Å². The summed E-state index contributed by atoms with van der Waals surface area (Å²) in [6, 6.07) is 0. The SMILES string of the molecule is Cc1ncc(Cl)nc1N.Nc1nc(Cl)cnc1Br. The van der Waals surface area contributed by atoms with E-state index < -0.39 is 0 Å². The van der Waals surface area contributed by atoms with Gasteiger partial charge in [-0.15, -0.1) is 0 Å². The van der Waals surface area contributed by atoms with Gasteiger partial charge in [-0.1, -0.05) is 23.2 Å². The molecular formula is C9H9BrCl2N6. The van der Waals surface area contributed by atoms with E-state index >= 15 is 0 Å². The second kappa shape index (κ2) is 6.67. The summed E-state index contributed by atoms with van der Waals surface area (Å²) in [5.41, 5.74) is 11.4. The molecule has 0 aliphatic carbocycles. The summed E-state index contributed by atoms with van der Waals surface area (Å²) in [5, 5.41) is 0.633. The molecule has 0 radical (unpaired) electrons. The molecule has 2 aromatic rings. The highest BCUT2D eigenvalue weighted by Gasteiger charge is 1.96. The molecule has 9 heteroatoms. The lowest BCUT2D eigenvalue weighted by Gasteiger charge is -1.94. The number of nitrogen functional groups attached to an aromatic ring is 2. The molecule has 18 heavy (non-hydrogen) atoms. The highest BCUT2D eigenvalue weighted by molar-refractivity contribution is 9.10. The molecule has 0 saturated heterocycles. The van der Waals surface area contributed by atoms with Crippen molar-refractivity contribution in [2.75, 3.05) is 11.5 Å². The second-order valence-corrected chi connectivity index (χ2v) is 4.56. The maximum atomic E-state index is 5.46. The predicted molar refractivity (Wildman–Crippen MR) is 75.3 cm³/mol. The quantitative estimate of drug-likeness (QED) is 0.755. The van der Waals surface area contributed by atoms with E-state index in [1.54, 1.807) is 6.92 Å². The Morgan fingerprint density at radius 1 is 1.00 bits per heavy atom. The third-order valence-electron chi connectivity index (χ3n) is 1.69. The Bertz CT molecular complexity index is 501. The molecule has 0 saturated carbocycles.